The second kappa shape index (κ2) is 12.5. The summed E-state index contributed by atoms with van der Waals surface area (Å²) < 4.78 is 2.43. The second-order valence-electron chi connectivity index (χ2n) is 16.4. The fourth-order valence-corrected chi connectivity index (χ4v) is 10.2. The van der Waals surface area contributed by atoms with Crippen molar-refractivity contribution in [1.29, 1.82) is 0 Å². The summed E-state index contributed by atoms with van der Waals surface area (Å²) in [4.78, 5) is 15.3. The Labute approximate surface area is 331 Å². The van der Waals surface area contributed by atoms with Gasteiger partial charge in [-0.15, -0.1) is 0 Å². The number of aryl methyl sites for hydroxylation is 1. The molecule has 0 bridgehead atoms. The van der Waals surface area contributed by atoms with E-state index in [2.05, 4.69) is 96.4 Å². The maximum absolute atomic E-state index is 10.9. The van der Waals surface area contributed by atoms with Gasteiger partial charge in [-0.2, -0.15) is 0 Å². The zero-order valence-corrected chi connectivity index (χ0v) is 32.4. The largest absolute Gasteiger partial charge is 0.504 e. The molecule has 0 fully saturated rings. The van der Waals surface area contributed by atoms with Crippen LogP contribution in [0.5, 0.6) is 17.2 Å². The average Bonchev–Trinajstić information content (AvgIpc) is 3.91. The number of allylic oxidation sites excluding steroid dienone is 6. The van der Waals surface area contributed by atoms with Gasteiger partial charge in [-0.3, -0.25) is 0 Å². The first kappa shape index (κ1) is 33.8. The van der Waals surface area contributed by atoms with Gasteiger partial charge in [0, 0.05) is 39.4 Å². The zero-order chi connectivity index (χ0) is 38.7. The highest BCUT2D eigenvalue weighted by Crippen LogP contribution is 2.49. The molecule has 4 aliphatic carbocycles. The third-order valence-electron chi connectivity index (χ3n) is 13.0. The highest BCUT2D eigenvalue weighted by atomic mass is 16.3. The summed E-state index contributed by atoms with van der Waals surface area (Å²) in [6, 6.07) is 28.5. The minimum atomic E-state index is -0.538. The van der Waals surface area contributed by atoms with E-state index in [-0.39, 0.29) is 11.5 Å². The van der Waals surface area contributed by atoms with E-state index in [1.807, 2.05) is 0 Å². The van der Waals surface area contributed by atoms with E-state index in [4.69, 9.17) is 15.0 Å². The van der Waals surface area contributed by atoms with Gasteiger partial charge < -0.3 is 19.9 Å². The first-order valence-corrected chi connectivity index (χ1v) is 20.1. The number of rotatable bonds is 4. The molecular formula is C50H42N4O3. The van der Waals surface area contributed by atoms with Crippen LogP contribution < -0.4 is 0 Å². The zero-order valence-electron chi connectivity index (χ0n) is 32.4. The number of benzene rings is 5. The minimum absolute atomic E-state index is 0.355. The summed E-state index contributed by atoms with van der Waals surface area (Å²) in [6.07, 6.45) is 10.8. The van der Waals surface area contributed by atoms with Gasteiger partial charge in [-0.25, -0.2) is 15.0 Å². The minimum Gasteiger partial charge on any atom is -0.504 e. The van der Waals surface area contributed by atoms with Crippen LogP contribution in [0.15, 0.2) is 107 Å². The maximum Gasteiger partial charge on any atom is 0.200 e. The Kier molecular flexibility index (Phi) is 7.43. The van der Waals surface area contributed by atoms with Crippen LogP contribution in [-0.2, 0) is 6.42 Å². The van der Waals surface area contributed by atoms with Gasteiger partial charge in [0.2, 0.25) is 5.75 Å². The predicted octanol–water partition coefficient (Wildman–Crippen LogP) is 11.7. The van der Waals surface area contributed by atoms with Gasteiger partial charge in [0.1, 0.15) is 0 Å². The van der Waals surface area contributed by atoms with Crippen LogP contribution in [0.4, 0.5) is 0 Å². The SMILES string of the molecule is Cc1cc2c(c(-n3c4ccccc4c4ccccc43)c1)Cc1cc(-c3nc(C4=CC5=C(CC4)CC4=C5CCCC4)nc(-c4c(C)c(O)c(O)c(O)c4C)n3)ccc1-2. The molecule has 0 saturated heterocycles. The number of aromatic nitrogens is 4. The van der Waals surface area contributed by atoms with Crippen molar-refractivity contribution < 1.29 is 15.3 Å². The molecule has 0 aliphatic heterocycles. The second-order valence-corrected chi connectivity index (χ2v) is 16.4. The number of aromatic hydroxyl groups is 3. The number of nitrogens with zero attached hydrogens (tertiary/aromatic N) is 4. The van der Waals surface area contributed by atoms with E-state index in [0.29, 0.717) is 34.2 Å². The first-order chi connectivity index (χ1) is 27.7. The Morgan fingerprint density at radius 1 is 0.596 bits per heavy atom. The van der Waals surface area contributed by atoms with Crippen LogP contribution in [0, 0.1) is 20.8 Å². The molecule has 7 nitrogen and oxygen atoms in total. The Hall–Kier alpha value is -6.47. The summed E-state index contributed by atoms with van der Waals surface area (Å²) in [5, 5.41) is 34.8. The molecule has 2 aromatic heterocycles. The molecule has 0 amide bonds. The number of hydrogen-bond acceptors (Lipinski definition) is 6. The van der Waals surface area contributed by atoms with Crippen LogP contribution in [0.1, 0.15) is 78.6 Å². The van der Waals surface area contributed by atoms with Gasteiger partial charge in [0.05, 0.1) is 16.7 Å². The van der Waals surface area contributed by atoms with Gasteiger partial charge in [0.25, 0.3) is 0 Å². The number of para-hydroxylation sites is 2. The van der Waals surface area contributed by atoms with Gasteiger partial charge in [0.15, 0.2) is 29.0 Å². The molecule has 7 aromatic rings. The lowest BCUT2D eigenvalue weighted by molar-refractivity contribution is 0.364. The van der Waals surface area contributed by atoms with Gasteiger partial charge >= 0.3 is 0 Å². The average molecular weight is 747 g/mol. The number of phenols is 3. The molecule has 2 heterocycles. The fraction of sp³-hybridized carbons (Fsp3) is 0.220. The third kappa shape index (κ3) is 5.07. The third-order valence-corrected chi connectivity index (χ3v) is 13.0. The van der Waals surface area contributed by atoms with Crippen LogP contribution in [-0.4, -0.2) is 34.8 Å². The lowest BCUT2D eigenvalue weighted by atomic mass is 9.88. The van der Waals surface area contributed by atoms with Gasteiger partial charge in [-0.05, 0) is 141 Å². The fourth-order valence-electron chi connectivity index (χ4n) is 10.2. The van der Waals surface area contributed by atoms with Crippen molar-refractivity contribution in [3.8, 4) is 56.8 Å². The molecular weight excluding hydrogens is 705 g/mol. The molecule has 7 heteroatoms. The number of fused-ring (bicyclic) bond motifs is 7. The van der Waals surface area contributed by atoms with E-state index < -0.39 is 5.75 Å². The van der Waals surface area contributed by atoms with Crippen LogP contribution in [0.2, 0.25) is 0 Å². The topological polar surface area (TPSA) is 104 Å². The molecule has 0 spiro atoms. The van der Waals surface area contributed by atoms with Crippen molar-refractivity contribution >= 4 is 27.4 Å². The van der Waals surface area contributed by atoms with E-state index in [1.165, 1.54) is 91.3 Å². The van der Waals surface area contributed by atoms with Crippen molar-refractivity contribution in [2.75, 3.05) is 0 Å². The van der Waals surface area contributed by atoms with Crippen molar-refractivity contribution in [3.63, 3.8) is 0 Å². The molecule has 11 rings (SSSR count). The Morgan fingerprint density at radius 3 is 2.04 bits per heavy atom. The maximum atomic E-state index is 10.9. The summed E-state index contributed by atoms with van der Waals surface area (Å²) in [6.45, 7) is 5.61. The molecule has 280 valence electrons. The standard InChI is InChI=1S/C50H42N4O3/c1-26-20-39-35-19-18-31(23-33(35)25-40(39)43(21-26)54-41-14-8-6-12-36(41)37-13-7-9-15-42(37)54)48-51-49(32-17-16-30-22-29-10-4-5-11-34(29)38(30)24-32)53-50(52-48)44-27(2)45(55)47(57)46(56)28(44)3/h6-9,12-15,18-21,23-24,55-57H,4-5,10-11,16-17,22,25H2,1-3H3. The molecule has 0 saturated carbocycles. The van der Waals surface area contributed by atoms with Crippen molar-refractivity contribution in [2.24, 2.45) is 0 Å². The van der Waals surface area contributed by atoms with E-state index in [9.17, 15) is 15.3 Å². The Bertz CT molecular complexity index is 2950. The molecule has 4 aliphatic rings. The van der Waals surface area contributed by atoms with E-state index in [1.54, 1.807) is 19.4 Å². The summed E-state index contributed by atoms with van der Waals surface area (Å²) in [5.74, 6) is 0.192. The quantitative estimate of drug-likeness (QED) is 0.155. The molecule has 0 radical (unpaired) electrons. The summed E-state index contributed by atoms with van der Waals surface area (Å²) >= 11 is 0. The van der Waals surface area contributed by atoms with Gasteiger partial charge in [-0.1, -0.05) is 65.7 Å². The normalized spacial score (nSPS) is 15.9. The van der Waals surface area contributed by atoms with Crippen LogP contribution in [0.25, 0.3) is 67.0 Å². The van der Waals surface area contributed by atoms with Crippen LogP contribution >= 0.6 is 0 Å². The highest BCUT2D eigenvalue weighted by molar-refractivity contribution is 6.09. The summed E-state index contributed by atoms with van der Waals surface area (Å²) in [5.41, 5.74) is 19.0. The summed E-state index contributed by atoms with van der Waals surface area (Å²) in [7, 11) is 0. The Balaban J connectivity index is 1.06. The molecule has 0 atom stereocenters. The first-order valence-electron chi connectivity index (χ1n) is 20.1. The number of phenolic OH excluding ortho intramolecular Hbond substituents is 3. The molecule has 0 unspecified atom stereocenters. The molecule has 57 heavy (non-hydrogen) atoms. The smallest absolute Gasteiger partial charge is 0.200 e. The van der Waals surface area contributed by atoms with Crippen molar-refractivity contribution in [3.05, 3.63) is 141 Å². The van der Waals surface area contributed by atoms with E-state index in [0.717, 1.165) is 43.2 Å². The lowest BCUT2D eigenvalue weighted by Gasteiger charge is -2.19. The monoisotopic (exact) mass is 746 g/mol. The molecule has 3 N–H and O–H groups in total. The van der Waals surface area contributed by atoms with Crippen molar-refractivity contribution in [1.82, 2.24) is 19.5 Å². The predicted molar refractivity (Wildman–Crippen MR) is 227 cm³/mol. The lowest BCUT2D eigenvalue weighted by Crippen LogP contribution is -2.07. The molecule has 5 aromatic carbocycles. The number of hydrogen-bond donors (Lipinski definition) is 3. The van der Waals surface area contributed by atoms with Crippen molar-refractivity contribution in [2.45, 2.75) is 72.1 Å². The highest BCUT2D eigenvalue weighted by Gasteiger charge is 2.30. The van der Waals surface area contributed by atoms with Crippen LogP contribution in [0.3, 0.4) is 0 Å². The Morgan fingerprint density at radius 2 is 1.28 bits per heavy atom. The van der Waals surface area contributed by atoms with E-state index >= 15 is 0 Å².